The summed E-state index contributed by atoms with van der Waals surface area (Å²) in [4.78, 5) is 53.0. The van der Waals surface area contributed by atoms with E-state index in [2.05, 4.69) is 73.9 Å². The molecule has 4 aliphatic heterocycles. The molecule has 0 spiro atoms. The molecule has 1 atom stereocenters. The van der Waals surface area contributed by atoms with Crippen molar-refractivity contribution in [3.05, 3.63) is 88.5 Å². The third-order valence-corrected chi connectivity index (χ3v) is 10.9. The smallest absolute Gasteiger partial charge is 0.255 e. The lowest BCUT2D eigenvalue weighted by molar-refractivity contribution is -0.136. The molecule has 3 saturated heterocycles. The van der Waals surface area contributed by atoms with Crippen molar-refractivity contribution in [2.45, 2.75) is 88.3 Å². The molecule has 5 heterocycles. The number of hydrogen-bond acceptors (Lipinski definition) is 7. The molecule has 46 heavy (non-hydrogen) atoms. The number of hydrogen-bond donors (Lipinski definition) is 1. The number of carbonyl (C=O) groups is 3. The van der Waals surface area contributed by atoms with Crippen molar-refractivity contribution in [1.29, 1.82) is 0 Å². The molecule has 4 fully saturated rings. The van der Waals surface area contributed by atoms with Gasteiger partial charge >= 0.3 is 0 Å². The van der Waals surface area contributed by atoms with E-state index in [1.54, 1.807) is 4.90 Å². The fraction of sp³-hybridized carbons (Fsp3) is 0.486. The van der Waals surface area contributed by atoms with Crippen LogP contribution in [0.2, 0.25) is 0 Å². The molecule has 0 bridgehead atoms. The molecule has 3 aromatic rings. The van der Waals surface area contributed by atoms with Gasteiger partial charge in [0.1, 0.15) is 11.9 Å². The molecule has 8 rings (SSSR count). The summed E-state index contributed by atoms with van der Waals surface area (Å²) in [5.41, 5.74) is 6.93. The Hall–Kier alpha value is -4.11. The topological polar surface area (TPSA) is 98.7 Å². The number of imide groups is 1. The molecular weight excluding hydrogens is 576 g/mol. The number of nitrogens with one attached hydrogen (secondary N) is 1. The summed E-state index contributed by atoms with van der Waals surface area (Å²) in [6.07, 6.45) is 11.8. The number of nitrogens with zero attached hydrogens (tertiary/aromatic N) is 5. The molecule has 5 aliphatic rings. The summed E-state index contributed by atoms with van der Waals surface area (Å²) >= 11 is 0. The van der Waals surface area contributed by atoms with Crippen molar-refractivity contribution in [2.24, 2.45) is 0 Å². The summed E-state index contributed by atoms with van der Waals surface area (Å²) in [7, 11) is 0. The number of amides is 3. The Bertz CT molecular complexity index is 1620. The number of benzene rings is 2. The molecule has 1 aliphatic carbocycles. The van der Waals surface area contributed by atoms with Gasteiger partial charge in [0.15, 0.2) is 0 Å². The van der Waals surface area contributed by atoms with Crippen molar-refractivity contribution in [3.63, 3.8) is 0 Å². The molecule has 9 nitrogen and oxygen atoms in total. The monoisotopic (exact) mass is 618 g/mol. The highest BCUT2D eigenvalue weighted by molar-refractivity contribution is 6.05. The van der Waals surface area contributed by atoms with Gasteiger partial charge in [0.05, 0.1) is 0 Å². The van der Waals surface area contributed by atoms with E-state index < -0.39 is 6.04 Å². The number of rotatable bonds is 7. The van der Waals surface area contributed by atoms with Crippen molar-refractivity contribution in [1.82, 2.24) is 25.1 Å². The zero-order valence-electron chi connectivity index (χ0n) is 26.4. The maximum Gasteiger partial charge on any atom is 0.255 e. The number of aromatic nitrogens is 2. The SMILES string of the molecule is O=C1CCC(N2Cc3cc(C4CCN(Cc5ccc(N6CCC(c7cnc(C8CC8)nc7)CC6)cc5)CC4)ccc3C2=O)C(=O)N1. The molecule has 1 N–H and O–H groups in total. The van der Waals surface area contributed by atoms with Gasteiger partial charge in [0.25, 0.3) is 5.91 Å². The first-order valence-electron chi connectivity index (χ1n) is 17.1. The van der Waals surface area contributed by atoms with Crippen LogP contribution in [0.4, 0.5) is 5.69 Å². The molecule has 3 amide bonds. The normalized spacial score (nSPS) is 23.1. The maximum absolute atomic E-state index is 13.1. The van der Waals surface area contributed by atoms with Gasteiger partial charge in [0.2, 0.25) is 11.8 Å². The third-order valence-electron chi connectivity index (χ3n) is 10.9. The van der Waals surface area contributed by atoms with E-state index in [9.17, 15) is 14.4 Å². The van der Waals surface area contributed by atoms with Crippen LogP contribution in [0.3, 0.4) is 0 Å². The lowest BCUT2D eigenvalue weighted by atomic mass is 9.87. The summed E-state index contributed by atoms with van der Waals surface area (Å²) in [5, 5.41) is 2.39. The van der Waals surface area contributed by atoms with E-state index in [1.165, 1.54) is 35.2 Å². The van der Waals surface area contributed by atoms with Crippen LogP contribution in [-0.2, 0) is 22.7 Å². The van der Waals surface area contributed by atoms with E-state index in [-0.39, 0.29) is 24.1 Å². The summed E-state index contributed by atoms with van der Waals surface area (Å²) in [5.74, 6) is 1.94. The van der Waals surface area contributed by atoms with Crippen LogP contribution in [-0.4, -0.2) is 69.7 Å². The lowest BCUT2D eigenvalue weighted by Gasteiger charge is -2.34. The zero-order valence-corrected chi connectivity index (χ0v) is 26.4. The Balaban J connectivity index is 0.814. The van der Waals surface area contributed by atoms with Crippen molar-refractivity contribution >= 4 is 23.4 Å². The molecule has 0 radical (unpaired) electrons. The minimum atomic E-state index is -0.569. The summed E-state index contributed by atoms with van der Waals surface area (Å²) in [6, 6.07) is 14.8. The second kappa shape index (κ2) is 12.2. The van der Waals surface area contributed by atoms with Crippen LogP contribution in [0.1, 0.15) is 108 Å². The number of fused-ring (bicyclic) bond motifs is 1. The van der Waals surface area contributed by atoms with Gasteiger partial charge < -0.3 is 9.80 Å². The van der Waals surface area contributed by atoms with E-state index in [1.807, 2.05) is 6.07 Å². The van der Waals surface area contributed by atoms with Crippen LogP contribution in [0.15, 0.2) is 54.9 Å². The quantitative estimate of drug-likeness (QED) is 0.377. The van der Waals surface area contributed by atoms with Gasteiger partial charge in [-0.15, -0.1) is 0 Å². The minimum absolute atomic E-state index is 0.106. The highest BCUT2D eigenvalue weighted by Gasteiger charge is 2.39. The number of piperidine rings is 3. The first-order valence-corrected chi connectivity index (χ1v) is 17.1. The fourth-order valence-electron chi connectivity index (χ4n) is 7.93. The third kappa shape index (κ3) is 5.93. The van der Waals surface area contributed by atoms with Crippen LogP contribution in [0.25, 0.3) is 0 Å². The lowest BCUT2D eigenvalue weighted by Crippen LogP contribution is -2.52. The minimum Gasteiger partial charge on any atom is -0.371 e. The Kier molecular flexibility index (Phi) is 7.80. The molecule has 1 aromatic heterocycles. The molecule has 238 valence electrons. The average molecular weight is 619 g/mol. The van der Waals surface area contributed by atoms with Crippen LogP contribution < -0.4 is 10.2 Å². The highest BCUT2D eigenvalue weighted by atomic mass is 16.2. The van der Waals surface area contributed by atoms with Crippen LogP contribution >= 0.6 is 0 Å². The predicted octanol–water partition coefficient (Wildman–Crippen LogP) is 4.88. The number of carbonyl (C=O) groups excluding carboxylic acids is 3. The highest BCUT2D eigenvalue weighted by Crippen LogP contribution is 2.38. The van der Waals surface area contributed by atoms with E-state index in [4.69, 9.17) is 0 Å². The zero-order chi connectivity index (χ0) is 31.2. The Morgan fingerprint density at radius 3 is 2.13 bits per heavy atom. The first kappa shape index (κ1) is 29.3. The average Bonchev–Trinajstić information content (AvgIpc) is 3.89. The maximum atomic E-state index is 13.1. The standard InChI is InChI=1S/C37H42N6O3/c44-34-10-9-33(36(45)40-34)43-23-29-19-28(5-8-32(29)37(43)46)25-11-15-41(16-12-25)22-24-1-6-31(7-2-24)42-17-13-26(14-18-42)30-20-38-35(39-21-30)27-3-4-27/h1-2,5-8,19-21,25-27,33H,3-4,9-18,22-23H2,(H,40,44,45). The molecule has 1 saturated carbocycles. The van der Waals surface area contributed by atoms with Gasteiger partial charge in [-0.1, -0.05) is 24.3 Å². The van der Waals surface area contributed by atoms with E-state index in [0.717, 1.165) is 69.8 Å². The Labute approximate surface area is 270 Å². The molecule has 9 heteroatoms. The summed E-state index contributed by atoms with van der Waals surface area (Å²) < 4.78 is 0. The molecule has 2 aromatic carbocycles. The van der Waals surface area contributed by atoms with Crippen LogP contribution in [0.5, 0.6) is 0 Å². The first-order chi connectivity index (χ1) is 22.5. The fourth-order valence-corrected chi connectivity index (χ4v) is 7.93. The van der Waals surface area contributed by atoms with Gasteiger partial charge in [-0.25, -0.2) is 9.97 Å². The van der Waals surface area contributed by atoms with Crippen molar-refractivity contribution < 1.29 is 14.4 Å². The largest absolute Gasteiger partial charge is 0.371 e. The Morgan fingerprint density at radius 2 is 1.43 bits per heavy atom. The molecular formula is C37H42N6O3. The molecule has 1 unspecified atom stereocenters. The van der Waals surface area contributed by atoms with Crippen LogP contribution in [0, 0.1) is 0 Å². The van der Waals surface area contributed by atoms with Gasteiger partial charge in [-0.2, -0.15) is 0 Å². The second-order valence-corrected chi connectivity index (χ2v) is 13.9. The van der Waals surface area contributed by atoms with Crippen molar-refractivity contribution in [2.75, 3.05) is 31.1 Å². The summed E-state index contributed by atoms with van der Waals surface area (Å²) in [6.45, 7) is 5.62. The predicted molar refractivity (Wildman–Crippen MR) is 174 cm³/mol. The number of anilines is 1. The van der Waals surface area contributed by atoms with Crippen molar-refractivity contribution in [3.8, 4) is 0 Å². The van der Waals surface area contributed by atoms with E-state index >= 15 is 0 Å². The van der Waals surface area contributed by atoms with Gasteiger partial charge in [-0.05, 0) is 110 Å². The Morgan fingerprint density at radius 1 is 0.739 bits per heavy atom. The van der Waals surface area contributed by atoms with E-state index in [0.29, 0.717) is 36.3 Å². The van der Waals surface area contributed by atoms with Gasteiger partial charge in [0, 0.05) is 62.2 Å². The van der Waals surface area contributed by atoms with Gasteiger partial charge in [-0.3, -0.25) is 24.6 Å². The number of likely N-dealkylation sites (tertiary alicyclic amines) is 1. The second-order valence-electron chi connectivity index (χ2n) is 13.9.